The molecule has 9 nitrogen and oxygen atoms in total. The largest absolute Gasteiger partial charge is 0.497 e. The van der Waals surface area contributed by atoms with E-state index >= 15 is 0 Å². The summed E-state index contributed by atoms with van der Waals surface area (Å²) in [4.78, 5) is 21.2. The van der Waals surface area contributed by atoms with Gasteiger partial charge in [-0.1, -0.05) is 11.8 Å². The fourth-order valence-corrected chi connectivity index (χ4v) is 3.82. The highest BCUT2D eigenvalue weighted by Crippen LogP contribution is 2.28. The number of ether oxygens (including phenoxy) is 3. The lowest BCUT2D eigenvalue weighted by Crippen LogP contribution is -2.14. The van der Waals surface area contributed by atoms with E-state index in [1.54, 1.807) is 50.4 Å². The summed E-state index contributed by atoms with van der Waals surface area (Å²) in [5, 5.41) is 8.74. The minimum atomic E-state index is -0.181. The molecule has 0 saturated heterocycles. The molecule has 0 bridgehead atoms. The van der Waals surface area contributed by atoms with Crippen LogP contribution in [0.1, 0.15) is 0 Å². The molecule has 164 valence electrons. The zero-order valence-corrected chi connectivity index (χ0v) is 18.5. The summed E-state index contributed by atoms with van der Waals surface area (Å²) in [7, 11) is 4.74. The Bertz CT molecular complexity index is 1220. The van der Waals surface area contributed by atoms with Gasteiger partial charge in [-0.2, -0.15) is 5.10 Å². The van der Waals surface area contributed by atoms with Crippen LogP contribution in [0.5, 0.6) is 17.2 Å². The van der Waals surface area contributed by atoms with Gasteiger partial charge in [0.2, 0.25) is 5.91 Å². The second kappa shape index (κ2) is 9.56. The number of benzene rings is 2. The highest BCUT2D eigenvalue weighted by atomic mass is 32.2. The molecule has 0 radical (unpaired) electrons. The van der Waals surface area contributed by atoms with Gasteiger partial charge in [-0.3, -0.25) is 4.79 Å². The van der Waals surface area contributed by atoms with Gasteiger partial charge >= 0.3 is 0 Å². The molecule has 1 amide bonds. The molecular weight excluding hydrogens is 430 g/mol. The monoisotopic (exact) mass is 451 g/mol. The first kappa shape index (κ1) is 21.4. The third-order valence-corrected chi connectivity index (χ3v) is 5.63. The van der Waals surface area contributed by atoms with Crippen LogP contribution in [0.15, 0.2) is 60.0 Å². The van der Waals surface area contributed by atoms with Crippen LogP contribution in [0.2, 0.25) is 0 Å². The number of rotatable bonds is 8. The van der Waals surface area contributed by atoms with Crippen LogP contribution in [0.25, 0.3) is 16.7 Å². The standard InChI is InChI=1S/C22H21N5O4S/c1-29-16-6-4-15(5-7-16)27-21-19(11-25-27)22(24-13-23-21)32-12-20(28)26-14-8-17(30-2)10-18(9-14)31-3/h4-11,13H,12H2,1-3H3,(H,26,28). The maximum absolute atomic E-state index is 12.5. The maximum atomic E-state index is 12.5. The van der Waals surface area contributed by atoms with E-state index < -0.39 is 0 Å². The smallest absolute Gasteiger partial charge is 0.234 e. The molecule has 0 aliphatic carbocycles. The van der Waals surface area contributed by atoms with Crippen LogP contribution in [0, 0.1) is 0 Å². The van der Waals surface area contributed by atoms with E-state index in [2.05, 4.69) is 20.4 Å². The number of methoxy groups -OCH3 is 3. The third kappa shape index (κ3) is 4.59. The van der Waals surface area contributed by atoms with Crippen molar-refractivity contribution in [3.05, 3.63) is 55.0 Å². The average molecular weight is 452 g/mol. The summed E-state index contributed by atoms with van der Waals surface area (Å²) < 4.78 is 17.4. The van der Waals surface area contributed by atoms with Crippen molar-refractivity contribution in [2.24, 2.45) is 0 Å². The predicted molar refractivity (Wildman–Crippen MR) is 122 cm³/mol. The Labute approximate surface area is 188 Å². The Balaban J connectivity index is 1.49. The maximum Gasteiger partial charge on any atom is 0.234 e. The van der Waals surface area contributed by atoms with Crippen LogP contribution in [0.4, 0.5) is 5.69 Å². The van der Waals surface area contributed by atoms with Gasteiger partial charge in [0.1, 0.15) is 28.6 Å². The van der Waals surface area contributed by atoms with Gasteiger partial charge in [-0.25, -0.2) is 14.6 Å². The van der Waals surface area contributed by atoms with Crippen molar-refractivity contribution < 1.29 is 19.0 Å². The lowest BCUT2D eigenvalue weighted by Gasteiger charge is -2.10. The van der Waals surface area contributed by atoms with Gasteiger partial charge in [-0.05, 0) is 24.3 Å². The van der Waals surface area contributed by atoms with E-state index in [0.29, 0.717) is 27.9 Å². The van der Waals surface area contributed by atoms with E-state index in [-0.39, 0.29) is 11.7 Å². The quantitative estimate of drug-likeness (QED) is 0.321. The Kier molecular flexibility index (Phi) is 6.41. The first-order valence-electron chi connectivity index (χ1n) is 9.60. The Hall–Kier alpha value is -3.79. The number of thioether (sulfide) groups is 1. The minimum absolute atomic E-state index is 0.166. The minimum Gasteiger partial charge on any atom is -0.497 e. The van der Waals surface area contributed by atoms with Gasteiger partial charge in [0.15, 0.2) is 5.65 Å². The van der Waals surface area contributed by atoms with Crippen LogP contribution < -0.4 is 19.5 Å². The SMILES string of the molecule is COc1ccc(-n2ncc3c(SCC(=O)Nc4cc(OC)cc(OC)c4)ncnc32)cc1. The van der Waals surface area contributed by atoms with Crippen molar-refractivity contribution in [3.63, 3.8) is 0 Å². The molecule has 10 heteroatoms. The fraction of sp³-hybridized carbons (Fsp3) is 0.182. The highest BCUT2D eigenvalue weighted by molar-refractivity contribution is 8.00. The van der Waals surface area contributed by atoms with E-state index in [4.69, 9.17) is 14.2 Å². The number of amides is 1. The molecular formula is C22H21N5O4S. The van der Waals surface area contributed by atoms with Gasteiger partial charge in [0, 0.05) is 23.9 Å². The molecule has 2 heterocycles. The summed E-state index contributed by atoms with van der Waals surface area (Å²) in [6.45, 7) is 0. The van der Waals surface area contributed by atoms with Crippen molar-refractivity contribution in [1.29, 1.82) is 0 Å². The number of hydrogen-bond acceptors (Lipinski definition) is 8. The number of fused-ring (bicyclic) bond motifs is 1. The molecule has 32 heavy (non-hydrogen) atoms. The number of nitrogens with zero attached hydrogens (tertiary/aromatic N) is 4. The predicted octanol–water partition coefficient (Wildman–Crippen LogP) is 3.57. The summed E-state index contributed by atoms with van der Waals surface area (Å²) in [6, 6.07) is 12.7. The first-order valence-corrected chi connectivity index (χ1v) is 10.6. The zero-order chi connectivity index (χ0) is 22.5. The molecule has 2 aromatic heterocycles. The summed E-state index contributed by atoms with van der Waals surface area (Å²) in [5.74, 6) is 1.93. The number of anilines is 1. The van der Waals surface area contributed by atoms with Crippen LogP contribution in [-0.2, 0) is 4.79 Å². The number of carbonyl (C=O) groups is 1. The van der Waals surface area contributed by atoms with Gasteiger partial charge in [-0.15, -0.1) is 0 Å². The molecule has 0 spiro atoms. The van der Waals surface area contributed by atoms with E-state index in [1.807, 2.05) is 24.3 Å². The van der Waals surface area contributed by atoms with Crippen molar-refractivity contribution in [2.45, 2.75) is 5.03 Å². The van der Waals surface area contributed by atoms with Crippen molar-refractivity contribution in [2.75, 3.05) is 32.4 Å². The second-order valence-corrected chi connectivity index (χ2v) is 7.57. The molecule has 0 aliphatic rings. The molecule has 4 rings (SSSR count). The molecule has 0 saturated carbocycles. The number of hydrogen-bond donors (Lipinski definition) is 1. The van der Waals surface area contributed by atoms with Crippen molar-refractivity contribution in [1.82, 2.24) is 19.7 Å². The lowest BCUT2D eigenvalue weighted by atomic mass is 10.2. The Morgan fingerprint density at radius 2 is 1.66 bits per heavy atom. The molecule has 4 aromatic rings. The number of aromatic nitrogens is 4. The van der Waals surface area contributed by atoms with E-state index in [1.165, 1.54) is 18.1 Å². The zero-order valence-electron chi connectivity index (χ0n) is 17.7. The summed E-state index contributed by atoms with van der Waals surface area (Å²) in [6.07, 6.45) is 3.17. The first-order chi connectivity index (χ1) is 15.6. The topological polar surface area (TPSA) is 100 Å². The number of nitrogens with one attached hydrogen (secondary N) is 1. The fourth-order valence-electron chi connectivity index (χ4n) is 3.06. The third-order valence-electron chi connectivity index (χ3n) is 4.62. The van der Waals surface area contributed by atoms with Gasteiger partial charge in [0.05, 0.1) is 44.4 Å². The van der Waals surface area contributed by atoms with Gasteiger partial charge < -0.3 is 19.5 Å². The Morgan fingerprint density at radius 1 is 0.969 bits per heavy atom. The molecule has 0 unspecified atom stereocenters. The summed E-state index contributed by atoms with van der Waals surface area (Å²) in [5.41, 5.74) is 2.10. The highest BCUT2D eigenvalue weighted by Gasteiger charge is 2.14. The molecule has 0 atom stereocenters. The van der Waals surface area contributed by atoms with Crippen molar-refractivity contribution >= 4 is 34.4 Å². The molecule has 0 fully saturated rings. The molecule has 0 aliphatic heterocycles. The van der Waals surface area contributed by atoms with Crippen molar-refractivity contribution in [3.8, 4) is 22.9 Å². The number of carbonyl (C=O) groups excluding carboxylic acids is 1. The second-order valence-electron chi connectivity index (χ2n) is 6.61. The summed E-state index contributed by atoms with van der Waals surface area (Å²) >= 11 is 1.31. The lowest BCUT2D eigenvalue weighted by molar-refractivity contribution is -0.113. The van der Waals surface area contributed by atoms with Gasteiger partial charge in [0.25, 0.3) is 0 Å². The van der Waals surface area contributed by atoms with E-state index in [0.717, 1.165) is 16.8 Å². The van der Waals surface area contributed by atoms with Crippen LogP contribution in [0.3, 0.4) is 0 Å². The molecule has 2 aromatic carbocycles. The van der Waals surface area contributed by atoms with Crippen LogP contribution >= 0.6 is 11.8 Å². The Morgan fingerprint density at radius 3 is 2.31 bits per heavy atom. The van der Waals surface area contributed by atoms with Crippen LogP contribution in [-0.4, -0.2) is 52.7 Å². The normalized spacial score (nSPS) is 10.7. The molecule has 1 N–H and O–H groups in total. The average Bonchev–Trinajstić information content (AvgIpc) is 3.27. The van der Waals surface area contributed by atoms with E-state index in [9.17, 15) is 4.79 Å².